The molecule has 0 spiro atoms. The van der Waals surface area contributed by atoms with Gasteiger partial charge < -0.3 is 0 Å². The van der Waals surface area contributed by atoms with Crippen molar-refractivity contribution in [3.63, 3.8) is 0 Å². The van der Waals surface area contributed by atoms with Crippen LogP contribution in [-0.2, 0) is 0 Å². The predicted molar refractivity (Wildman–Crippen MR) is 45.7 cm³/mol. The molecule has 2 atom stereocenters. The molecule has 0 rings (SSSR count). The van der Waals surface area contributed by atoms with Crippen molar-refractivity contribution >= 4 is 12.6 Å². The molecule has 0 aliphatic carbocycles. The van der Waals surface area contributed by atoms with Gasteiger partial charge in [0.15, 0.2) is 0 Å². The van der Waals surface area contributed by atoms with Gasteiger partial charge in [-0.05, 0) is 12.3 Å². The Kier molecular flexibility index (Phi) is 5.36. The first-order chi connectivity index (χ1) is 4.16. The van der Waals surface area contributed by atoms with Crippen LogP contribution in [0.25, 0.3) is 0 Å². The fourth-order valence-corrected chi connectivity index (χ4v) is 1.51. The van der Waals surface area contributed by atoms with Gasteiger partial charge in [0, 0.05) is 5.25 Å². The van der Waals surface area contributed by atoms with E-state index >= 15 is 0 Å². The number of hydrogen-bond acceptors (Lipinski definition) is 0. The summed E-state index contributed by atoms with van der Waals surface area (Å²) in [5.41, 5.74) is 0. The van der Waals surface area contributed by atoms with Crippen LogP contribution in [0.4, 0.5) is 0 Å². The average molecular weight is 145 g/mol. The molecule has 0 N–H and O–H groups in total. The normalized spacial score (nSPS) is 17.3. The Balaban J connectivity index is 3.15. The minimum atomic E-state index is 0.464. The minimum absolute atomic E-state index is 0.464. The van der Waals surface area contributed by atoms with Gasteiger partial charge in [0.25, 0.3) is 0 Å². The van der Waals surface area contributed by atoms with Crippen LogP contribution in [0.5, 0.6) is 0 Å². The Morgan fingerprint density at radius 1 is 1.33 bits per heavy atom. The molecule has 55 valence electrons. The van der Waals surface area contributed by atoms with Crippen molar-refractivity contribution in [2.45, 2.75) is 45.3 Å². The van der Waals surface area contributed by atoms with E-state index in [2.05, 4.69) is 20.8 Å². The van der Waals surface area contributed by atoms with E-state index in [1.165, 1.54) is 19.3 Å². The lowest BCUT2D eigenvalue weighted by atomic mass is 10.0. The maximum atomic E-state index is 5.07. The molecular weight excluding hydrogens is 128 g/mol. The van der Waals surface area contributed by atoms with Crippen LogP contribution in [0.1, 0.15) is 40.0 Å². The predicted octanol–water partition coefficient (Wildman–Crippen LogP) is 3.40. The molecule has 0 saturated heterocycles. The third kappa shape index (κ3) is 6.23. The van der Waals surface area contributed by atoms with Crippen LogP contribution in [0, 0.1) is 5.92 Å². The second-order valence-electron chi connectivity index (χ2n) is 2.94. The molecule has 2 unspecified atom stereocenters. The van der Waals surface area contributed by atoms with Gasteiger partial charge in [-0.15, -0.1) is 0 Å². The Labute approximate surface area is 64.4 Å². The molecule has 0 amide bonds. The lowest BCUT2D eigenvalue weighted by molar-refractivity contribution is 0.487. The Bertz CT molecular complexity index is 59.6. The van der Waals surface area contributed by atoms with E-state index in [0.717, 1.165) is 5.92 Å². The SMILES string of the molecule is CCCC(C)CC(C)[S]. The molecule has 0 aliphatic heterocycles. The highest BCUT2D eigenvalue weighted by atomic mass is 32.1. The first kappa shape index (κ1) is 9.35. The van der Waals surface area contributed by atoms with Gasteiger partial charge in [-0.2, -0.15) is 0 Å². The van der Waals surface area contributed by atoms with Gasteiger partial charge in [0.2, 0.25) is 0 Å². The fraction of sp³-hybridized carbons (Fsp3) is 1.00. The largest absolute Gasteiger partial charge is 0.0907 e. The zero-order chi connectivity index (χ0) is 7.28. The summed E-state index contributed by atoms with van der Waals surface area (Å²) in [7, 11) is 0. The quantitative estimate of drug-likeness (QED) is 0.569. The van der Waals surface area contributed by atoms with Crippen LogP contribution in [0.15, 0.2) is 0 Å². The summed E-state index contributed by atoms with van der Waals surface area (Å²) in [4.78, 5) is 0. The molecule has 0 aliphatic rings. The van der Waals surface area contributed by atoms with Crippen molar-refractivity contribution < 1.29 is 0 Å². The van der Waals surface area contributed by atoms with Gasteiger partial charge in [0.1, 0.15) is 0 Å². The number of hydrogen-bond donors (Lipinski definition) is 0. The summed E-state index contributed by atoms with van der Waals surface area (Å²) in [6.07, 6.45) is 3.84. The fourth-order valence-electron chi connectivity index (χ4n) is 1.18. The summed E-state index contributed by atoms with van der Waals surface area (Å²) in [6, 6.07) is 0. The summed E-state index contributed by atoms with van der Waals surface area (Å²) in [5.74, 6) is 0.836. The summed E-state index contributed by atoms with van der Waals surface area (Å²) < 4.78 is 0. The number of rotatable bonds is 4. The molecule has 0 nitrogen and oxygen atoms in total. The molecule has 0 fully saturated rings. The molecule has 9 heavy (non-hydrogen) atoms. The van der Waals surface area contributed by atoms with Crippen LogP contribution in [0.3, 0.4) is 0 Å². The molecule has 1 radical (unpaired) electrons. The van der Waals surface area contributed by atoms with E-state index in [1.54, 1.807) is 0 Å². The third-order valence-electron chi connectivity index (χ3n) is 1.52. The van der Waals surface area contributed by atoms with Crippen molar-refractivity contribution in [3.8, 4) is 0 Å². The van der Waals surface area contributed by atoms with Gasteiger partial charge in [0.05, 0.1) is 0 Å². The molecule has 1 heteroatoms. The van der Waals surface area contributed by atoms with Gasteiger partial charge in [-0.3, -0.25) is 0 Å². The van der Waals surface area contributed by atoms with Crippen LogP contribution in [0.2, 0.25) is 0 Å². The molecule has 0 aromatic heterocycles. The molecule has 0 bridgehead atoms. The minimum Gasteiger partial charge on any atom is -0.0907 e. The molecule has 0 aromatic rings. The highest BCUT2D eigenvalue weighted by molar-refractivity contribution is 7.80. The monoisotopic (exact) mass is 145 g/mol. The van der Waals surface area contributed by atoms with E-state index < -0.39 is 0 Å². The second-order valence-corrected chi connectivity index (χ2v) is 3.74. The lowest BCUT2D eigenvalue weighted by Gasteiger charge is -2.10. The Hall–Kier alpha value is 0.350. The van der Waals surface area contributed by atoms with E-state index in [-0.39, 0.29) is 0 Å². The van der Waals surface area contributed by atoms with Crippen molar-refractivity contribution in [2.24, 2.45) is 5.92 Å². The van der Waals surface area contributed by atoms with Crippen LogP contribution >= 0.6 is 12.6 Å². The summed E-state index contributed by atoms with van der Waals surface area (Å²) in [5, 5.41) is 0.464. The van der Waals surface area contributed by atoms with Crippen LogP contribution in [-0.4, -0.2) is 5.25 Å². The Morgan fingerprint density at radius 3 is 2.22 bits per heavy atom. The molecular formula is C8H17S. The molecule has 0 heterocycles. The Morgan fingerprint density at radius 2 is 1.89 bits per heavy atom. The van der Waals surface area contributed by atoms with Crippen molar-refractivity contribution in [2.75, 3.05) is 0 Å². The topological polar surface area (TPSA) is 0 Å². The standard InChI is InChI=1S/C8H17S/c1-4-5-7(2)6-8(3)9/h7-8H,4-6H2,1-3H3. The van der Waals surface area contributed by atoms with E-state index in [1.807, 2.05) is 0 Å². The smallest absolute Gasteiger partial charge is 0.0125 e. The lowest BCUT2D eigenvalue weighted by Crippen LogP contribution is -2.01. The summed E-state index contributed by atoms with van der Waals surface area (Å²) >= 11 is 5.07. The van der Waals surface area contributed by atoms with E-state index in [0.29, 0.717) is 5.25 Å². The van der Waals surface area contributed by atoms with E-state index in [4.69, 9.17) is 12.6 Å². The van der Waals surface area contributed by atoms with E-state index in [9.17, 15) is 0 Å². The first-order valence-electron chi connectivity index (χ1n) is 3.82. The third-order valence-corrected chi connectivity index (χ3v) is 1.71. The highest BCUT2D eigenvalue weighted by Gasteiger charge is 2.03. The highest BCUT2D eigenvalue weighted by Crippen LogP contribution is 2.14. The van der Waals surface area contributed by atoms with Gasteiger partial charge in [-0.1, -0.05) is 46.2 Å². The maximum absolute atomic E-state index is 5.07. The second kappa shape index (κ2) is 5.16. The van der Waals surface area contributed by atoms with Crippen molar-refractivity contribution in [3.05, 3.63) is 0 Å². The van der Waals surface area contributed by atoms with Crippen molar-refractivity contribution in [1.29, 1.82) is 0 Å². The first-order valence-corrected chi connectivity index (χ1v) is 4.29. The zero-order valence-corrected chi connectivity index (χ0v) is 7.50. The van der Waals surface area contributed by atoms with Gasteiger partial charge in [-0.25, -0.2) is 0 Å². The maximum Gasteiger partial charge on any atom is 0.0125 e. The molecule has 0 aromatic carbocycles. The summed E-state index contributed by atoms with van der Waals surface area (Å²) in [6.45, 7) is 6.62. The van der Waals surface area contributed by atoms with Gasteiger partial charge >= 0.3 is 0 Å². The van der Waals surface area contributed by atoms with Crippen molar-refractivity contribution in [1.82, 2.24) is 0 Å². The van der Waals surface area contributed by atoms with Crippen LogP contribution < -0.4 is 0 Å². The molecule has 0 saturated carbocycles. The zero-order valence-electron chi connectivity index (χ0n) is 6.68. The average Bonchev–Trinajstić information content (AvgIpc) is 1.63.